The lowest BCUT2D eigenvalue weighted by Gasteiger charge is -2.31. The topological polar surface area (TPSA) is 57.1 Å². The Bertz CT molecular complexity index is 356. The van der Waals surface area contributed by atoms with Gasteiger partial charge in [-0.05, 0) is 38.5 Å². The van der Waals surface area contributed by atoms with Crippen LogP contribution in [0.25, 0.3) is 0 Å². The Hall–Kier alpha value is -0.0800. The van der Waals surface area contributed by atoms with E-state index in [4.69, 9.17) is 4.74 Å². The minimum atomic E-state index is -0.595. The molecule has 2 aliphatic carbocycles. The fourth-order valence-electron chi connectivity index (χ4n) is 2.90. The molecular formula is C17H34IN3O2. The maximum atomic E-state index is 10.6. The van der Waals surface area contributed by atoms with Crippen LogP contribution in [0.4, 0.5) is 0 Å². The summed E-state index contributed by atoms with van der Waals surface area (Å²) in [6, 6.07) is 0. The zero-order chi connectivity index (χ0) is 15.8. The first-order valence-electron chi connectivity index (χ1n) is 8.92. The highest BCUT2D eigenvalue weighted by Gasteiger charge is 2.29. The molecule has 2 aliphatic rings. The Morgan fingerprint density at radius 3 is 2.61 bits per heavy atom. The molecule has 0 bridgehead atoms. The molecule has 0 aromatic carbocycles. The first kappa shape index (κ1) is 21.0. The number of ether oxygens (including phenoxy) is 1. The van der Waals surface area contributed by atoms with Crippen molar-refractivity contribution in [3.05, 3.63) is 0 Å². The summed E-state index contributed by atoms with van der Waals surface area (Å²) in [5.41, 5.74) is -0.595. The minimum Gasteiger partial charge on any atom is -0.388 e. The van der Waals surface area contributed by atoms with Crippen LogP contribution in [0.15, 0.2) is 4.99 Å². The van der Waals surface area contributed by atoms with E-state index in [1.54, 1.807) is 0 Å². The molecular weight excluding hydrogens is 405 g/mol. The fourth-order valence-corrected chi connectivity index (χ4v) is 2.90. The van der Waals surface area contributed by atoms with Crippen molar-refractivity contribution in [2.75, 3.05) is 39.9 Å². The number of hydrogen-bond donors (Lipinski definition) is 2. The van der Waals surface area contributed by atoms with Crippen LogP contribution in [0.2, 0.25) is 0 Å². The van der Waals surface area contributed by atoms with Crippen LogP contribution in [0.3, 0.4) is 0 Å². The average Bonchev–Trinajstić information content (AvgIpc) is 3.33. The van der Waals surface area contributed by atoms with Crippen molar-refractivity contribution in [1.82, 2.24) is 10.2 Å². The van der Waals surface area contributed by atoms with Crippen LogP contribution in [-0.2, 0) is 4.74 Å². The number of guanidine groups is 1. The second kappa shape index (κ2) is 10.7. The van der Waals surface area contributed by atoms with Gasteiger partial charge in [0.25, 0.3) is 0 Å². The lowest BCUT2D eigenvalue weighted by molar-refractivity contribution is 0.0129. The molecule has 0 radical (unpaired) electrons. The van der Waals surface area contributed by atoms with Crippen LogP contribution in [0, 0.1) is 5.92 Å². The van der Waals surface area contributed by atoms with E-state index in [-0.39, 0.29) is 24.0 Å². The molecule has 0 aromatic rings. The van der Waals surface area contributed by atoms with Crippen molar-refractivity contribution in [3.8, 4) is 0 Å². The molecule has 0 amide bonds. The monoisotopic (exact) mass is 439 g/mol. The molecule has 23 heavy (non-hydrogen) atoms. The van der Waals surface area contributed by atoms with Crippen molar-refractivity contribution in [3.63, 3.8) is 0 Å². The van der Waals surface area contributed by atoms with Gasteiger partial charge < -0.3 is 20.1 Å². The summed E-state index contributed by atoms with van der Waals surface area (Å²) < 4.78 is 5.70. The molecule has 2 N–H and O–H groups in total. The van der Waals surface area contributed by atoms with Gasteiger partial charge in [0.05, 0.1) is 18.8 Å². The van der Waals surface area contributed by atoms with E-state index in [1.807, 2.05) is 7.05 Å². The summed E-state index contributed by atoms with van der Waals surface area (Å²) >= 11 is 0. The minimum absolute atomic E-state index is 0. The quantitative estimate of drug-likeness (QED) is 0.264. The highest BCUT2D eigenvalue weighted by molar-refractivity contribution is 14.0. The van der Waals surface area contributed by atoms with E-state index in [0.29, 0.717) is 6.54 Å². The largest absolute Gasteiger partial charge is 0.388 e. The number of aliphatic imine (C=N–C) groups is 1. The number of hydrogen-bond acceptors (Lipinski definition) is 3. The van der Waals surface area contributed by atoms with Gasteiger partial charge in [-0.15, -0.1) is 24.0 Å². The number of nitrogens with one attached hydrogen (secondary N) is 1. The van der Waals surface area contributed by atoms with E-state index in [2.05, 4.69) is 22.1 Å². The SMILES string of the molecule is CCNC(=NCC1(O)CCCCC1)N(C)CCOCC1CC1.I. The van der Waals surface area contributed by atoms with E-state index in [1.165, 1.54) is 19.3 Å². The summed E-state index contributed by atoms with van der Waals surface area (Å²) in [6.07, 6.45) is 7.90. The molecule has 0 aromatic heterocycles. The fraction of sp³-hybridized carbons (Fsp3) is 0.941. The Labute approximate surface area is 158 Å². The maximum absolute atomic E-state index is 10.6. The number of likely N-dealkylation sites (N-methyl/N-ethyl adjacent to an activating group) is 1. The van der Waals surface area contributed by atoms with Gasteiger partial charge in [-0.3, -0.25) is 4.99 Å². The molecule has 0 atom stereocenters. The van der Waals surface area contributed by atoms with Gasteiger partial charge in [0.1, 0.15) is 0 Å². The average molecular weight is 439 g/mol. The van der Waals surface area contributed by atoms with Crippen LogP contribution in [-0.4, -0.2) is 61.5 Å². The summed E-state index contributed by atoms with van der Waals surface area (Å²) in [5.74, 6) is 1.68. The molecule has 0 unspecified atom stereocenters. The van der Waals surface area contributed by atoms with E-state index >= 15 is 0 Å². The third kappa shape index (κ3) is 8.03. The first-order valence-corrected chi connectivity index (χ1v) is 8.92. The number of nitrogens with zero attached hydrogens (tertiary/aromatic N) is 2. The van der Waals surface area contributed by atoms with Gasteiger partial charge in [-0.2, -0.15) is 0 Å². The van der Waals surface area contributed by atoms with E-state index in [0.717, 1.165) is 63.9 Å². The third-order valence-electron chi connectivity index (χ3n) is 4.63. The van der Waals surface area contributed by atoms with E-state index < -0.39 is 5.60 Å². The molecule has 2 rings (SSSR count). The van der Waals surface area contributed by atoms with Gasteiger partial charge in [-0.25, -0.2) is 0 Å². The summed E-state index contributed by atoms with van der Waals surface area (Å²) in [5, 5.41) is 13.9. The zero-order valence-corrected chi connectivity index (χ0v) is 17.1. The molecule has 2 saturated carbocycles. The second-order valence-electron chi connectivity index (χ2n) is 6.90. The van der Waals surface area contributed by atoms with Gasteiger partial charge in [0.2, 0.25) is 0 Å². The first-order chi connectivity index (χ1) is 10.6. The predicted octanol–water partition coefficient (Wildman–Crippen LogP) is 2.62. The molecule has 5 nitrogen and oxygen atoms in total. The highest BCUT2D eigenvalue weighted by atomic mass is 127. The molecule has 0 spiro atoms. The normalized spacial score (nSPS) is 20.7. The van der Waals surface area contributed by atoms with Crippen molar-refractivity contribution in [2.24, 2.45) is 10.9 Å². The molecule has 0 heterocycles. The standard InChI is InChI=1S/C17H33N3O2.HI/c1-3-18-16(19-14-17(21)9-5-4-6-10-17)20(2)11-12-22-13-15-7-8-15;/h15,21H,3-14H2,1-2H3,(H,18,19);1H. The lowest BCUT2D eigenvalue weighted by atomic mass is 9.85. The van der Waals surface area contributed by atoms with Crippen molar-refractivity contribution < 1.29 is 9.84 Å². The van der Waals surface area contributed by atoms with Gasteiger partial charge in [-0.1, -0.05) is 19.3 Å². The molecule has 0 aliphatic heterocycles. The van der Waals surface area contributed by atoms with Gasteiger partial charge >= 0.3 is 0 Å². The number of rotatable bonds is 8. The van der Waals surface area contributed by atoms with Crippen molar-refractivity contribution >= 4 is 29.9 Å². The summed E-state index contributed by atoms with van der Waals surface area (Å²) in [4.78, 5) is 6.76. The van der Waals surface area contributed by atoms with E-state index in [9.17, 15) is 5.11 Å². The van der Waals surface area contributed by atoms with Crippen LogP contribution in [0.5, 0.6) is 0 Å². The van der Waals surface area contributed by atoms with Crippen LogP contribution < -0.4 is 5.32 Å². The maximum Gasteiger partial charge on any atom is 0.193 e. The van der Waals surface area contributed by atoms with Gasteiger partial charge in [0.15, 0.2) is 5.96 Å². The number of halogens is 1. The van der Waals surface area contributed by atoms with Gasteiger partial charge in [0, 0.05) is 26.7 Å². The molecule has 0 saturated heterocycles. The van der Waals surface area contributed by atoms with Crippen LogP contribution in [0.1, 0.15) is 51.9 Å². The Kier molecular flexibility index (Phi) is 9.77. The Morgan fingerprint density at radius 2 is 2.00 bits per heavy atom. The van der Waals surface area contributed by atoms with Crippen molar-refractivity contribution in [1.29, 1.82) is 0 Å². The summed E-state index contributed by atoms with van der Waals surface area (Å²) in [6.45, 7) is 5.88. The molecule has 136 valence electrons. The second-order valence-corrected chi connectivity index (χ2v) is 6.90. The zero-order valence-electron chi connectivity index (χ0n) is 14.7. The van der Waals surface area contributed by atoms with Crippen LogP contribution >= 0.6 is 24.0 Å². The van der Waals surface area contributed by atoms with Crippen molar-refractivity contribution in [2.45, 2.75) is 57.5 Å². The predicted molar refractivity (Wildman–Crippen MR) is 106 cm³/mol. The lowest BCUT2D eigenvalue weighted by Crippen LogP contribution is -2.42. The Balaban J connectivity index is 0.00000264. The third-order valence-corrected chi connectivity index (χ3v) is 4.63. The summed E-state index contributed by atoms with van der Waals surface area (Å²) in [7, 11) is 2.03. The molecule has 2 fully saturated rings. The smallest absolute Gasteiger partial charge is 0.193 e. The Morgan fingerprint density at radius 1 is 1.30 bits per heavy atom. The number of aliphatic hydroxyl groups is 1. The highest BCUT2D eigenvalue weighted by Crippen LogP contribution is 2.29. The molecule has 6 heteroatoms.